The van der Waals surface area contributed by atoms with Crippen LogP contribution in [0.25, 0.3) is 39.1 Å². The van der Waals surface area contributed by atoms with Crippen molar-refractivity contribution in [2.24, 2.45) is 11.8 Å². The SMILES string of the molecule is Cc1cc2ncc3cc(-c4ccccc4)c(-c4ccc(CN5CCC(C(=O)N6CCC(CO)CC6)CC5)cc4)nc3n2n1. The highest BCUT2D eigenvalue weighted by atomic mass is 16.3. The van der Waals surface area contributed by atoms with Crippen LogP contribution in [0.5, 0.6) is 0 Å². The van der Waals surface area contributed by atoms with Gasteiger partial charge in [0.25, 0.3) is 0 Å². The molecule has 5 heterocycles. The zero-order chi connectivity index (χ0) is 29.3. The molecule has 0 unspecified atom stereocenters. The van der Waals surface area contributed by atoms with Crippen LogP contribution in [0, 0.1) is 18.8 Å². The maximum absolute atomic E-state index is 13.1. The highest BCUT2D eigenvalue weighted by Crippen LogP contribution is 2.34. The largest absolute Gasteiger partial charge is 0.396 e. The van der Waals surface area contributed by atoms with Crippen molar-refractivity contribution in [2.75, 3.05) is 32.8 Å². The van der Waals surface area contributed by atoms with Gasteiger partial charge in [-0.1, -0.05) is 54.6 Å². The standard InChI is InChI=1S/C35H38N6O2/c1-24-19-32-36-21-30-20-31(27-5-3-2-4-6-27)33(37-34(30)41(32)38-24)28-9-7-25(8-10-28)22-39-15-13-29(14-16-39)35(43)40-17-11-26(23-42)12-18-40/h2-10,19-21,26,29,42H,11-18,22-23H2,1H3. The van der Waals surface area contributed by atoms with Crippen molar-refractivity contribution < 1.29 is 9.90 Å². The molecule has 0 spiro atoms. The molecule has 1 amide bonds. The Morgan fingerprint density at radius 3 is 2.37 bits per heavy atom. The normalized spacial score (nSPS) is 17.2. The lowest BCUT2D eigenvalue weighted by atomic mass is 9.92. The van der Waals surface area contributed by atoms with Crippen molar-refractivity contribution in [2.45, 2.75) is 39.2 Å². The lowest BCUT2D eigenvalue weighted by molar-refractivity contribution is -0.138. The van der Waals surface area contributed by atoms with Crippen LogP contribution in [0.4, 0.5) is 0 Å². The van der Waals surface area contributed by atoms with Crippen molar-refractivity contribution in [3.8, 4) is 22.4 Å². The van der Waals surface area contributed by atoms with Gasteiger partial charge in [-0.15, -0.1) is 0 Å². The summed E-state index contributed by atoms with van der Waals surface area (Å²) in [6.07, 6.45) is 5.54. The van der Waals surface area contributed by atoms with Crippen molar-refractivity contribution in [1.82, 2.24) is 29.4 Å². The molecule has 2 aromatic carbocycles. The van der Waals surface area contributed by atoms with Gasteiger partial charge < -0.3 is 10.0 Å². The monoisotopic (exact) mass is 574 g/mol. The number of pyridine rings is 1. The van der Waals surface area contributed by atoms with Crippen LogP contribution in [-0.4, -0.2) is 73.2 Å². The second-order valence-electron chi connectivity index (χ2n) is 12.2. The third-order valence-electron chi connectivity index (χ3n) is 9.22. The summed E-state index contributed by atoms with van der Waals surface area (Å²) in [5.74, 6) is 0.795. The molecule has 2 fully saturated rings. The molecule has 8 nitrogen and oxygen atoms in total. The average Bonchev–Trinajstić information content (AvgIpc) is 3.46. The molecule has 5 aromatic rings. The van der Waals surface area contributed by atoms with Gasteiger partial charge in [-0.2, -0.15) is 9.61 Å². The number of aliphatic hydroxyl groups is 1. The molecule has 2 saturated heterocycles. The Labute approximate surface area is 252 Å². The van der Waals surface area contributed by atoms with Gasteiger partial charge in [0.2, 0.25) is 5.91 Å². The molecule has 3 aromatic heterocycles. The van der Waals surface area contributed by atoms with Crippen LogP contribution >= 0.6 is 0 Å². The predicted molar refractivity (Wildman–Crippen MR) is 168 cm³/mol. The van der Waals surface area contributed by atoms with Crippen LogP contribution in [0.15, 0.2) is 72.9 Å². The number of aromatic nitrogens is 4. The zero-order valence-electron chi connectivity index (χ0n) is 24.7. The summed E-state index contributed by atoms with van der Waals surface area (Å²) >= 11 is 0. The summed E-state index contributed by atoms with van der Waals surface area (Å²) in [5.41, 5.74) is 7.93. The fourth-order valence-electron chi connectivity index (χ4n) is 6.67. The highest BCUT2D eigenvalue weighted by Gasteiger charge is 2.30. The average molecular weight is 575 g/mol. The van der Waals surface area contributed by atoms with Crippen molar-refractivity contribution >= 4 is 22.6 Å². The molecule has 2 aliphatic heterocycles. The fourth-order valence-corrected chi connectivity index (χ4v) is 6.67. The first-order valence-electron chi connectivity index (χ1n) is 15.5. The van der Waals surface area contributed by atoms with E-state index in [1.54, 1.807) is 0 Å². The second-order valence-corrected chi connectivity index (χ2v) is 12.2. The number of piperidine rings is 2. The third-order valence-corrected chi connectivity index (χ3v) is 9.22. The van der Waals surface area contributed by atoms with E-state index < -0.39 is 0 Å². The van der Waals surface area contributed by atoms with Crippen LogP contribution in [0.3, 0.4) is 0 Å². The molecule has 8 heteroatoms. The number of nitrogens with zero attached hydrogens (tertiary/aromatic N) is 6. The molecule has 0 saturated carbocycles. The maximum Gasteiger partial charge on any atom is 0.225 e. The van der Waals surface area contributed by atoms with E-state index in [1.807, 2.05) is 34.7 Å². The van der Waals surface area contributed by atoms with E-state index >= 15 is 0 Å². The summed E-state index contributed by atoms with van der Waals surface area (Å²) in [5, 5.41) is 15.0. The predicted octanol–water partition coefficient (Wildman–Crippen LogP) is 5.36. The number of aryl methyl sites for hydroxylation is 1. The minimum Gasteiger partial charge on any atom is -0.396 e. The molecule has 7 rings (SSSR count). The van der Waals surface area contributed by atoms with E-state index in [0.717, 1.165) is 103 Å². The molecular weight excluding hydrogens is 536 g/mol. The van der Waals surface area contributed by atoms with Gasteiger partial charge in [-0.25, -0.2) is 9.97 Å². The summed E-state index contributed by atoms with van der Waals surface area (Å²) in [7, 11) is 0. The number of carbonyl (C=O) groups excluding carboxylic acids is 1. The van der Waals surface area contributed by atoms with Crippen molar-refractivity contribution in [3.05, 3.63) is 84.2 Å². The minimum atomic E-state index is 0.125. The van der Waals surface area contributed by atoms with E-state index in [1.165, 1.54) is 5.56 Å². The fraction of sp³-hybridized carbons (Fsp3) is 0.371. The van der Waals surface area contributed by atoms with Gasteiger partial charge in [0.05, 0.1) is 11.4 Å². The van der Waals surface area contributed by atoms with Gasteiger partial charge in [-0.05, 0) is 68.8 Å². The van der Waals surface area contributed by atoms with Crippen molar-refractivity contribution in [1.29, 1.82) is 0 Å². The Morgan fingerprint density at radius 2 is 1.65 bits per heavy atom. The number of benzene rings is 2. The zero-order valence-corrected chi connectivity index (χ0v) is 24.7. The number of rotatable bonds is 6. The molecule has 220 valence electrons. The van der Waals surface area contributed by atoms with Gasteiger partial charge in [-0.3, -0.25) is 9.69 Å². The molecular formula is C35H38N6O2. The first kappa shape index (κ1) is 27.7. The smallest absolute Gasteiger partial charge is 0.225 e. The van der Waals surface area contributed by atoms with Crippen LogP contribution < -0.4 is 0 Å². The van der Waals surface area contributed by atoms with E-state index in [0.29, 0.717) is 11.8 Å². The number of fused-ring (bicyclic) bond motifs is 3. The van der Waals surface area contributed by atoms with Crippen LogP contribution in [-0.2, 0) is 11.3 Å². The molecule has 0 radical (unpaired) electrons. The Hall–Kier alpha value is -4.14. The van der Waals surface area contributed by atoms with Crippen LogP contribution in [0.2, 0.25) is 0 Å². The number of carbonyl (C=O) groups is 1. The molecule has 0 bridgehead atoms. The van der Waals surface area contributed by atoms with Gasteiger partial charge in [0, 0.05) is 60.9 Å². The second kappa shape index (κ2) is 11.9. The van der Waals surface area contributed by atoms with E-state index in [4.69, 9.17) is 4.98 Å². The van der Waals surface area contributed by atoms with Gasteiger partial charge in [0.15, 0.2) is 11.3 Å². The lowest BCUT2D eigenvalue weighted by Crippen LogP contribution is -2.45. The van der Waals surface area contributed by atoms with Crippen molar-refractivity contribution in [3.63, 3.8) is 0 Å². The van der Waals surface area contributed by atoms with E-state index in [2.05, 4.69) is 69.6 Å². The number of hydrogen-bond donors (Lipinski definition) is 1. The number of hydrogen-bond acceptors (Lipinski definition) is 6. The van der Waals surface area contributed by atoms with Gasteiger partial charge >= 0.3 is 0 Å². The van der Waals surface area contributed by atoms with Crippen LogP contribution in [0.1, 0.15) is 36.9 Å². The Bertz CT molecular complexity index is 1730. The molecule has 1 N–H and O–H groups in total. The summed E-state index contributed by atoms with van der Waals surface area (Å²) in [4.78, 5) is 27.4. The quantitative estimate of drug-likeness (QED) is 0.294. The molecule has 0 aliphatic carbocycles. The minimum absolute atomic E-state index is 0.125. The summed E-state index contributed by atoms with van der Waals surface area (Å²) in [6, 6.07) is 23.3. The number of likely N-dealkylation sites (tertiary alicyclic amines) is 2. The highest BCUT2D eigenvalue weighted by molar-refractivity contribution is 5.90. The summed E-state index contributed by atoms with van der Waals surface area (Å²) < 4.78 is 1.84. The topological polar surface area (TPSA) is 86.9 Å². The first-order chi connectivity index (χ1) is 21.1. The maximum atomic E-state index is 13.1. The Morgan fingerprint density at radius 1 is 0.907 bits per heavy atom. The molecule has 0 atom stereocenters. The Balaban J connectivity index is 1.08. The molecule has 43 heavy (non-hydrogen) atoms. The lowest BCUT2D eigenvalue weighted by Gasteiger charge is -2.37. The van der Waals surface area contributed by atoms with Gasteiger partial charge in [0.1, 0.15) is 0 Å². The first-order valence-corrected chi connectivity index (χ1v) is 15.5. The summed E-state index contributed by atoms with van der Waals surface area (Å²) in [6.45, 7) is 6.53. The number of amides is 1. The van der Waals surface area contributed by atoms with E-state index in [-0.39, 0.29) is 12.5 Å². The van der Waals surface area contributed by atoms with E-state index in [9.17, 15) is 9.90 Å². The third kappa shape index (κ3) is 5.65. The molecule has 2 aliphatic rings. The number of aliphatic hydroxyl groups excluding tert-OH is 1. The Kier molecular flexibility index (Phi) is 7.63.